The van der Waals surface area contributed by atoms with Crippen LogP contribution >= 0.6 is 0 Å². The number of hydrogen-bond acceptors (Lipinski definition) is 5. The van der Waals surface area contributed by atoms with E-state index >= 15 is 0 Å². The monoisotopic (exact) mass is 403 g/mol. The molecule has 1 aromatic carbocycles. The summed E-state index contributed by atoms with van der Waals surface area (Å²) in [5.74, 6) is 1.83. The molecule has 2 saturated heterocycles. The maximum Gasteiger partial charge on any atom is 0.191 e. The highest BCUT2D eigenvalue weighted by molar-refractivity contribution is 5.80. The first-order valence-electron chi connectivity index (χ1n) is 10.8. The summed E-state index contributed by atoms with van der Waals surface area (Å²) in [4.78, 5) is 9.79. The van der Waals surface area contributed by atoms with Gasteiger partial charge in [-0.1, -0.05) is 12.1 Å². The molecule has 0 bridgehead atoms. The number of rotatable bonds is 7. The Balaban J connectivity index is 1.59. The maximum atomic E-state index is 5.53. The summed E-state index contributed by atoms with van der Waals surface area (Å²) in [7, 11) is 1.73. The number of para-hydroxylation sites is 2. The molecule has 0 aromatic heterocycles. The van der Waals surface area contributed by atoms with Crippen LogP contribution in [0.3, 0.4) is 0 Å². The van der Waals surface area contributed by atoms with Crippen LogP contribution < -0.4 is 20.3 Å². The maximum absolute atomic E-state index is 5.53. The molecule has 7 nitrogen and oxygen atoms in total. The fourth-order valence-corrected chi connectivity index (χ4v) is 4.04. The zero-order valence-electron chi connectivity index (χ0n) is 18.4. The number of ether oxygens (including phenoxy) is 2. The predicted molar refractivity (Wildman–Crippen MR) is 119 cm³/mol. The molecular weight excluding hydrogens is 366 g/mol. The number of nitrogens with one attached hydrogen (secondary N) is 2. The minimum atomic E-state index is 0.0191. The topological polar surface area (TPSA) is 61.4 Å². The predicted octanol–water partition coefficient (Wildman–Crippen LogP) is 1.94. The van der Waals surface area contributed by atoms with Crippen LogP contribution in [0.5, 0.6) is 5.75 Å². The fourth-order valence-electron chi connectivity index (χ4n) is 4.04. The molecule has 2 heterocycles. The summed E-state index contributed by atoms with van der Waals surface area (Å²) in [6, 6.07) is 8.60. The Hall–Kier alpha value is -1.99. The van der Waals surface area contributed by atoms with E-state index in [-0.39, 0.29) is 5.54 Å². The van der Waals surface area contributed by atoms with Gasteiger partial charge in [0.05, 0.1) is 32.6 Å². The lowest BCUT2D eigenvalue weighted by molar-refractivity contribution is -0.00684. The van der Waals surface area contributed by atoms with E-state index in [0.29, 0.717) is 6.04 Å². The Morgan fingerprint density at radius 3 is 2.72 bits per heavy atom. The van der Waals surface area contributed by atoms with E-state index in [2.05, 4.69) is 53.3 Å². The molecule has 0 amide bonds. The lowest BCUT2D eigenvalue weighted by atomic mass is 10.0. The van der Waals surface area contributed by atoms with Crippen molar-refractivity contribution in [3.05, 3.63) is 24.3 Å². The number of nitrogens with zero attached hydrogens (tertiary/aromatic N) is 3. The van der Waals surface area contributed by atoms with Gasteiger partial charge in [0.2, 0.25) is 0 Å². The Labute approximate surface area is 175 Å². The fraction of sp³-hybridized carbons (Fsp3) is 0.682. The van der Waals surface area contributed by atoms with Gasteiger partial charge in [0.25, 0.3) is 0 Å². The molecule has 1 atom stereocenters. The van der Waals surface area contributed by atoms with E-state index in [0.717, 1.165) is 76.3 Å². The first-order valence-corrected chi connectivity index (χ1v) is 10.8. The molecule has 7 heteroatoms. The quantitative estimate of drug-likeness (QED) is 0.536. The first kappa shape index (κ1) is 21.7. The van der Waals surface area contributed by atoms with E-state index in [4.69, 9.17) is 14.5 Å². The van der Waals surface area contributed by atoms with Gasteiger partial charge in [-0.2, -0.15) is 0 Å². The van der Waals surface area contributed by atoms with Crippen LogP contribution in [0.1, 0.15) is 27.2 Å². The van der Waals surface area contributed by atoms with Gasteiger partial charge in [-0.15, -0.1) is 0 Å². The zero-order chi connectivity index (χ0) is 20.7. The number of anilines is 1. The first-order chi connectivity index (χ1) is 14.0. The van der Waals surface area contributed by atoms with Gasteiger partial charge in [0, 0.05) is 44.3 Å². The zero-order valence-corrected chi connectivity index (χ0v) is 18.4. The van der Waals surface area contributed by atoms with Crippen LogP contribution in [0, 0.1) is 0 Å². The SMILES string of the molecule is CCNC(=NCC(C)(C)N1CCOCC1)NC1CCN(c2ccccc2OC)C1. The van der Waals surface area contributed by atoms with Crippen molar-refractivity contribution < 1.29 is 9.47 Å². The van der Waals surface area contributed by atoms with Crippen molar-refractivity contribution in [1.82, 2.24) is 15.5 Å². The standard InChI is InChI=1S/C22H37N5O2/c1-5-23-21(24-17-22(2,3)27-12-14-29-15-13-27)25-18-10-11-26(16-18)19-8-6-7-9-20(19)28-4/h6-9,18H,5,10-17H2,1-4H3,(H2,23,24,25). The van der Waals surface area contributed by atoms with Gasteiger partial charge in [-0.25, -0.2) is 0 Å². The summed E-state index contributed by atoms with van der Waals surface area (Å²) in [6.45, 7) is 13.8. The third kappa shape index (κ3) is 5.76. The third-order valence-electron chi connectivity index (χ3n) is 5.79. The molecule has 2 aliphatic heterocycles. The van der Waals surface area contributed by atoms with Crippen molar-refractivity contribution in [3.8, 4) is 5.75 Å². The van der Waals surface area contributed by atoms with Gasteiger partial charge in [-0.05, 0) is 39.3 Å². The molecule has 2 fully saturated rings. The number of methoxy groups -OCH3 is 1. The highest BCUT2D eigenvalue weighted by Crippen LogP contribution is 2.30. The van der Waals surface area contributed by atoms with E-state index < -0.39 is 0 Å². The molecule has 0 aliphatic carbocycles. The Morgan fingerprint density at radius 2 is 2.00 bits per heavy atom. The second-order valence-electron chi connectivity index (χ2n) is 8.35. The van der Waals surface area contributed by atoms with Gasteiger partial charge in [0.1, 0.15) is 5.75 Å². The average Bonchev–Trinajstić information content (AvgIpc) is 3.21. The van der Waals surface area contributed by atoms with Crippen LogP contribution in [0.4, 0.5) is 5.69 Å². The number of benzene rings is 1. The smallest absolute Gasteiger partial charge is 0.191 e. The largest absolute Gasteiger partial charge is 0.495 e. The van der Waals surface area contributed by atoms with Gasteiger partial charge in [-0.3, -0.25) is 9.89 Å². The van der Waals surface area contributed by atoms with Crippen LogP contribution in [0.25, 0.3) is 0 Å². The lowest BCUT2D eigenvalue weighted by Crippen LogP contribution is -2.52. The number of hydrogen-bond donors (Lipinski definition) is 2. The molecule has 0 saturated carbocycles. The summed E-state index contributed by atoms with van der Waals surface area (Å²) in [5.41, 5.74) is 1.18. The summed E-state index contributed by atoms with van der Waals surface area (Å²) < 4.78 is 11.0. The molecule has 2 aliphatic rings. The Morgan fingerprint density at radius 1 is 1.24 bits per heavy atom. The van der Waals surface area contributed by atoms with Crippen molar-refractivity contribution in [1.29, 1.82) is 0 Å². The lowest BCUT2D eigenvalue weighted by Gasteiger charge is -2.40. The highest BCUT2D eigenvalue weighted by atomic mass is 16.5. The molecule has 1 aromatic rings. The minimum absolute atomic E-state index is 0.0191. The second kappa shape index (κ2) is 10.2. The molecule has 2 N–H and O–H groups in total. The molecule has 0 spiro atoms. The number of guanidine groups is 1. The molecule has 3 rings (SSSR count). The summed E-state index contributed by atoms with van der Waals surface area (Å²) in [6.07, 6.45) is 1.08. The second-order valence-corrected chi connectivity index (χ2v) is 8.35. The molecule has 0 radical (unpaired) electrons. The molecular formula is C22H37N5O2. The van der Waals surface area contributed by atoms with E-state index in [1.54, 1.807) is 7.11 Å². The average molecular weight is 404 g/mol. The van der Waals surface area contributed by atoms with Gasteiger partial charge in [0.15, 0.2) is 5.96 Å². The third-order valence-corrected chi connectivity index (χ3v) is 5.79. The van der Waals surface area contributed by atoms with E-state index in [9.17, 15) is 0 Å². The van der Waals surface area contributed by atoms with Crippen molar-refractivity contribution in [2.45, 2.75) is 38.8 Å². The van der Waals surface area contributed by atoms with Crippen molar-refractivity contribution in [3.63, 3.8) is 0 Å². The number of morpholine rings is 1. The van der Waals surface area contributed by atoms with E-state index in [1.807, 2.05) is 12.1 Å². The normalized spacial score (nSPS) is 21.3. The van der Waals surface area contributed by atoms with Gasteiger partial charge >= 0.3 is 0 Å². The van der Waals surface area contributed by atoms with Crippen molar-refractivity contribution >= 4 is 11.6 Å². The van der Waals surface area contributed by atoms with Crippen molar-refractivity contribution in [2.24, 2.45) is 4.99 Å². The van der Waals surface area contributed by atoms with Crippen LogP contribution in [-0.2, 0) is 4.74 Å². The summed E-state index contributed by atoms with van der Waals surface area (Å²) in [5, 5.41) is 7.06. The number of aliphatic imine (C=N–C) groups is 1. The van der Waals surface area contributed by atoms with Gasteiger partial charge < -0.3 is 25.0 Å². The Kier molecular flexibility index (Phi) is 7.61. The summed E-state index contributed by atoms with van der Waals surface area (Å²) >= 11 is 0. The highest BCUT2D eigenvalue weighted by Gasteiger charge is 2.29. The van der Waals surface area contributed by atoms with Crippen LogP contribution in [0.15, 0.2) is 29.3 Å². The van der Waals surface area contributed by atoms with Crippen molar-refractivity contribution in [2.75, 3.05) is 64.5 Å². The minimum Gasteiger partial charge on any atom is -0.495 e. The molecule has 29 heavy (non-hydrogen) atoms. The van der Waals surface area contributed by atoms with Crippen LogP contribution in [0.2, 0.25) is 0 Å². The Bertz CT molecular complexity index is 673. The molecule has 1 unspecified atom stereocenters. The molecule has 162 valence electrons. The van der Waals surface area contributed by atoms with E-state index in [1.165, 1.54) is 0 Å². The van der Waals surface area contributed by atoms with Crippen LogP contribution in [-0.4, -0.2) is 82.0 Å².